The van der Waals surface area contributed by atoms with Gasteiger partial charge < -0.3 is 10.4 Å². The first-order valence-electron chi connectivity index (χ1n) is 5.30. The van der Waals surface area contributed by atoms with Gasteiger partial charge in [0.05, 0.1) is 12.1 Å². The average Bonchev–Trinajstić information content (AvgIpc) is 2.42. The lowest BCUT2D eigenvalue weighted by atomic mass is 10.1. The van der Waals surface area contributed by atoms with Crippen molar-refractivity contribution in [1.82, 2.24) is 10.2 Å². The van der Waals surface area contributed by atoms with Crippen LogP contribution in [0.3, 0.4) is 0 Å². The number of nitrogens with one attached hydrogen (secondary N) is 1. The first-order chi connectivity index (χ1) is 6.99. The van der Waals surface area contributed by atoms with Crippen LogP contribution in [0.1, 0.15) is 33.6 Å². The van der Waals surface area contributed by atoms with Crippen molar-refractivity contribution in [3.05, 3.63) is 0 Å². The minimum atomic E-state index is -0.708. The Hall–Kier alpha value is -1.10. The summed E-state index contributed by atoms with van der Waals surface area (Å²) >= 11 is 0. The van der Waals surface area contributed by atoms with Crippen LogP contribution in [0.4, 0.5) is 4.79 Å². The van der Waals surface area contributed by atoms with Crippen LogP contribution in [0.25, 0.3) is 0 Å². The summed E-state index contributed by atoms with van der Waals surface area (Å²) in [6, 6.07) is -1.28. The molecule has 1 rings (SSSR count). The lowest BCUT2D eigenvalue weighted by Gasteiger charge is -2.23. The van der Waals surface area contributed by atoms with E-state index in [9.17, 15) is 14.7 Å². The van der Waals surface area contributed by atoms with Gasteiger partial charge in [-0.3, -0.25) is 9.69 Å². The Morgan fingerprint density at radius 1 is 1.47 bits per heavy atom. The quantitative estimate of drug-likeness (QED) is 0.669. The standard InChI is InChI=1S/C10H18N2O3/c1-4-5-8-9(14)12(10(15)11-8)6(2)7(3)13/h6-8,13H,4-5H2,1-3H3,(H,11,15). The van der Waals surface area contributed by atoms with Crippen molar-refractivity contribution >= 4 is 11.9 Å². The van der Waals surface area contributed by atoms with Gasteiger partial charge in [-0.25, -0.2) is 4.79 Å². The number of aliphatic hydroxyl groups excluding tert-OH is 1. The highest BCUT2D eigenvalue weighted by molar-refractivity contribution is 6.04. The smallest absolute Gasteiger partial charge is 0.325 e. The molecular formula is C10H18N2O3. The van der Waals surface area contributed by atoms with Gasteiger partial charge in [0.15, 0.2) is 0 Å². The molecule has 1 heterocycles. The van der Waals surface area contributed by atoms with Crippen LogP contribution >= 0.6 is 0 Å². The number of urea groups is 1. The van der Waals surface area contributed by atoms with Crippen LogP contribution in [0.15, 0.2) is 0 Å². The minimum absolute atomic E-state index is 0.227. The molecule has 1 aliphatic rings. The Kier molecular flexibility index (Phi) is 3.68. The number of nitrogens with zero attached hydrogens (tertiary/aromatic N) is 1. The summed E-state index contributed by atoms with van der Waals surface area (Å²) in [5.74, 6) is -0.227. The highest BCUT2D eigenvalue weighted by Crippen LogP contribution is 2.15. The Bertz CT molecular complexity index is 265. The van der Waals surface area contributed by atoms with Gasteiger partial charge in [0.1, 0.15) is 6.04 Å². The lowest BCUT2D eigenvalue weighted by Crippen LogP contribution is -2.44. The Morgan fingerprint density at radius 2 is 2.07 bits per heavy atom. The highest BCUT2D eigenvalue weighted by atomic mass is 16.3. The average molecular weight is 214 g/mol. The van der Waals surface area contributed by atoms with Gasteiger partial charge in [0, 0.05) is 0 Å². The fourth-order valence-electron chi connectivity index (χ4n) is 1.63. The molecule has 0 spiro atoms. The zero-order chi connectivity index (χ0) is 11.6. The molecule has 5 heteroatoms. The molecule has 15 heavy (non-hydrogen) atoms. The van der Waals surface area contributed by atoms with E-state index in [0.717, 1.165) is 11.3 Å². The van der Waals surface area contributed by atoms with E-state index in [4.69, 9.17) is 0 Å². The van der Waals surface area contributed by atoms with E-state index in [0.29, 0.717) is 6.42 Å². The molecule has 3 unspecified atom stereocenters. The van der Waals surface area contributed by atoms with Crippen molar-refractivity contribution in [2.24, 2.45) is 0 Å². The van der Waals surface area contributed by atoms with Crippen LogP contribution in [-0.4, -0.2) is 40.1 Å². The van der Waals surface area contributed by atoms with Crippen molar-refractivity contribution in [2.45, 2.75) is 51.8 Å². The first kappa shape index (κ1) is 12.0. The van der Waals surface area contributed by atoms with Gasteiger partial charge in [-0.05, 0) is 20.3 Å². The maximum atomic E-state index is 11.8. The number of imide groups is 1. The Morgan fingerprint density at radius 3 is 2.53 bits per heavy atom. The van der Waals surface area contributed by atoms with Crippen molar-refractivity contribution in [3.8, 4) is 0 Å². The molecule has 86 valence electrons. The second-order valence-corrected chi connectivity index (χ2v) is 3.98. The molecule has 2 N–H and O–H groups in total. The van der Waals surface area contributed by atoms with E-state index in [1.54, 1.807) is 13.8 Å². The SMILES string of the molecule is CCCC1NC(=O)N(C(C)C(C)O)C1=O. The van der Waals surface area contributed by atoms with Gasteiger partial charge >= 0.3 is 6.03 Å². The lowest BCUT2D eigenvalue weighted by molar-refractivity contribution is -0.130. The topological polar surface area (TPSA) is 69.6 Å². The summed E-state index contributed by atoms with van der Waals surface area (Å²) in [6.07, 6.45) is 0.779. The summed E-state index contributed by atoms with van der Waals surface area (Å²) in [5, 5.41) is 12.0. The second kappa shape index (κ2) is 4.61. The predicted molar refractivity (Wildman–Crippen MR) is 55.2 cm³/mol. The van der Waals surface area contributed by atoms with E-state index in [1.807, 2.05) is 6.92 Å². The fourth-order valence-corrected chi connectivity index (χ4v) is 1.63. The highest BCUT2D eigenvalue weighted by Gasteiger charge is 2.41. The molecule has 0 radical (unpaired) electrons. The predicted octanol–water partition coefficient (Wildman–Crippen LogP) is 0.476. The van der Waals surface area contributed by atoms with Crippen LogP contribution in [-0.2, 0) is 4.79 Å². The number of rotatable bonds is 4. The van der Waals surface area contributed by atoms with E-state index in [2.05, 4.69) is 5.32 Å². The van der Waals surface area contributed by atoms with Crippen LogP contribution in [0.5, 0.6) is 0 Å². The van der Waals surface area contributed by atoms with Gasteiger partial charge in [-0.2, -0.15) is 0 Å². The number of hydrogen-bond acceptors (Lipinski definition) is 3. The minimum Gasteiger partial charge on any atom is -0.391 e. The zero-order valence-corrected chi connectivity index (χ0v) is 9.36. The van der Waals surface area contributed by atoms with Crippen LogP contribution in [0.2, 0.25) is 0 Å². The number of carbonyl (C=O) groups is 2. The molecular weight excluding hydrogens is 196 g/mol. The van der Waals surface area contributed by atoms with Crippen molar-refractivity contribution in [3.63, 3.8) is 0 Å². The zero-order valence-electron chi connectivity index (χ0n) is 9.36. The van der Waals surface area contributed by atoms with Gasteiger partial charge in [-0.15, -0.1) is 0 Å². The summed E-state index contributed by atoms with van der Waals surface area (Å²) in [5.41, 5.74) is 0. The summed E-state index contributed by atoms with van der Waals surface area (Å²) in [7, 11) is 0. The van der Waals surface area contributed by atoms with E-state index in [1.165, 1.54) is 0 Å². The third-order valence-corrected chi connectivity index (χ3v) is 2.73. The monoisotopic (exact) mass is 214 g/mol. The number of aliphatic hydroxyl groups is 1. The van der Waals surface area contributed by atoms with Gasteiger partial charge in [0.25, 0.3) is 5.91 Å². The van der Waals surface area contributed by atoms with Crippen LogP contribution in [0, 0.1) is 0 Å². The Labute approximate surface area is 89.4 Å². The molecule has 5 nitrogen and oxygen atoms in total. The summed E-state index contributed by atoms with van der Waals surface area (Å²) in [4.78, 5) is 24.4. The maximum Gasteiger partial charge on any atom is 0.325 e. The molecule has 1 aliphatic heterocycles. The fraction of sp³-hybridized carbons (Fsp3) is 0.800. The summed E-state index contributed by atoms with van der Waals surface area (Å²) in [6.45, 7) is 5.19. The molecule has 1 fully saturated rings. The number of amides is 3. The first-order valence-corrected chi connectivity index (χ1v) is 5.30. The van der Waals surface area contributed by atoms with Gasteiger partial charge in [-0.1, -0.05) is 13.3 Å². The molecule has 0 aliphatic carbocycles. The van der Waals surface area contributed by atoms with E-state index < -0.39 is 24.2 Å². The van der Waals surface area contributed by atoms with Gasteiger partial charge in [0.2, 0.25) is 0 Å². The van der Waals surface area contributed by atoms with Crippen molar-refractivity contribution < 1.29 is 14.7 Å². The maximum absolute atomic E-state index is 11.8. The van der Waals surface area contributed by atoms with Crippen molar-refractivity contribution in [1.29, 1.82) is 0 Å². The van der Waals surface area contributed by atoms with Crippen LogP contribution < -0.4 is 5.32 Å². The Balaban J connectivity index is 2.74. The van der Waals surface area contributed by atoms with E-state index in [-0.39, 0.29) is 5.91 Å². The molecule has 3 amide bonds. The summed E-state index contributed by atoms with van der Waals surface area (Å²) < 4.78 is 0. The molecule has 0 aromatic rings. The largest absolute Gasteiger partial charge is 0.391 e. The second-order valence-electron chi connectivity index (χ2n) is 3.98. The molecule has 0 aromatic carbocycles. The molecule has 0 bridgehead atoms. The normalized spacial score (nSPS) is 25.3. The number of carbonyl (C=O) groups excluding carboxylic acids is 2. The number of hydrogen-bond donors (Lipinski definition) is 2. The van der Waals surface area contributed by atoms with E-state index >= 15 is 0 Å². The molecule has 3 atom stereocenters. The van der Waals surface area contributed by atoms with Crippen molar-refractivity contribution in [2.75, 3.05) is 0 Å². The molecule has 0 saturated carbocycles. The molecule has 0 aromatic heterocycles. The molecule has 1 saturated heterocycles. The third-order valence-electron chi connectivity index (χ3n) is 2.73. The third kappa shape index (κ3) is 2.28.